The van der Waals surface area contributed by atoms with Crippen molar-refractivity contribution in [2.24, 2.45) is 0 Å². The molecule has 0 atom stereocenters. The SMILES string of the molecule is CCCn1ccnc1CC(=O)c1cc(C)c(Br)c(C)c1. The third kappa shape index (κ3) is 3.18. The summed E-state index contributed by atoms with van der Waals surface area (Å²) < 4.78 is 3.12. The highest BCUT2D eigenvalue weighted by Crippen LogP contribution is 2.23. The molecule has 0 amide bonds. The lowest BCUT2D eigenvalue weighted by molar-refractivity contribution is 0.0989. The molecule has 2 rings (SSSR count). The van der Waals surface area contributed by atoms with Crippen LogP contribution in [0.4, 0.5) is 0 Å². The lowest BCUT2D eigenvalue weighted by Gasteiger charge is -2.08. The second-order valence-corrected chi connectivity index (χ2v) is 5.85. The molecule has 0 unspecified atom stereocenters. The molecular weight excluding hydrogens is 316 g/mol. The molecule has 20 heavy (non-hydrogen) atoms. The Morgan fingerprint density at radius 1 is 1.30 bits per heavy atom. The molecule has 0 bridgehead atoms. The van der Waals surface area contributed by atoms with E-state index in [0.717, 1.165) is 40.0 Å². The Labute approximate surface area is 128 Å². The maximum absolute atomic E-state index is 12.4. The van der Waals surface area contributed by atoms with Crippen LogP contribution >= 0.6 is 15.9 Å². The van der Waals surface area contributed by atoms with Gasteiger partial charge in [0.15, 0.2) is 5.78 Å². The highest BCUT2D eigenvalue weighted by molar-refractivity contribution is 9.10. The van der Waals surface area contributed by atoms with Crippen molar-refractivity contribution in [3.05, 3.63) is 51.5 Å². The predicted octanol–water partition coefficient (Wildman–Crippen LogP) is 4.10. The van der Waals surface area contributed by atoms with Gasteiger partial charge in [-0.1, -0.05) is 22.9 Å². The first kappa shape index (κ1) is 15.0. The number of rotatable bonds is 5. The molecule has 4 heteroatoms. The third-order valence-corrected chi connectivity index (χ3v) is 4.59. The fourth-order valence-electron chi connectivity index (χ4n) is 2.30. The first-order chi connectivity index (χ1) is 9.52. The number of aromatic nitrogens is 2. The van der Waals surface area contributed by atoms with Gasteiger partial charge in [-0.3, -0.25) is 4.79 Å². The molecule has 1 aromatic carbocycles. The van der Waals surface area contributed by atoms with Gasteiger partial charge in [-0.15, -0.1) is 0 Å². The molecule has 0 aliphatic heterocycles. The summed E-state index contributed by atoms with van der Waals surface area (Å²) in [6, 6.07) is 3.87. The Hall–Kier alpha value is -1.42. The number of carbonyl (C=O) groups excluding carboxylic acids is 1. The number of nitrogens with zero attached hydrogens (tertiary/aromatic N) is 2. The van der Waals surface area contributed by atoms with E-state index < -0.39 is 0 Å². The van der Waals surface area contributed by atoms with Crippen LogP contribution in [-0.2, 0) is 13.0 Å². The van der Waals surface area contributed by atoms with Crippen LogP contribution in [0.3, 0.4) is 0 Å². The molecule has 0 saturated heterocycles. The van der Waals surface area contributed by atoms with E-state index in [0.29, 0.717) is 6.42 Å². The topological polar surface area (TPSA) is 34.9 Å². The number of ketones is 1. The van der Waals surface area contributed by atoms with Gasteiger partial charge >= 0.3 is 0 Å². The molecular formula is C16H19BrN2O. The minimum atomic E-state index is 0.118. The molecule has 0 aliphatic carbocycles. The highest BCUT2D eigenvalue weighted by Gasteiger charge is 2.13. The standard InChI is InChI=1S/C16H19BrN2O/c1-4-6-19-7-5-18-15(19)10-14(20)13-8-11(2)16(17)12(3)9-13/h5,7-9H,4,6,10H2,1-3H3. The minimum Gasteiger partial charge on any atom is -0.335 e. The smallest absolute Gasteiger partial charge is 0.170 e. The van der Waals surface area contributed by atoms with Crippen molar-refractivity contribution in [3.8, 4) is 0 Å². The van der Waals surface area contributed by atoms with Crippen LogP contribution in [0, 0.1) is 13.8 Å². The molecule has 0 radical (unpaired) electrons. The van der Waals surface area contributed by atoms with Crippen molar-refractivity contribution in [2.75, 3.05) is 0 Å². The number of imidazole rings is 1. The minimum absolute atomic E-state index is 0.118. The van der Waals surface area contributed by atoms with E-state index in [4.69, 9.17) is 0 Å². The number of benzene rings is 1. The third-order valence-electron chi connectivity index (χ3n) is 3.34. The van der Waals surface area contributed by atoms with Crippen LogP contribution in [0.1, 0.15) is 40.7 Å². The molecule has 1 heterocycles. The maximum atomic E-state index is 12.4. The summed E-state index contributed by atoms with van der Waals surface area (Å²) in [7, 11) is 0. The van der Waals surface area contributed by atoms with Crippen molar-refractivity contribution >= 4 is 21.7 Å². The van der Waals surface area contributed by atoms with Gasteiger partial charge in [0.2, 0.25) is 0 Å². The number of Topliss-reactive ketones (excluding diaryl/α,β-unsaturated/α-hetero) is 1. The molecule has 106 valence electrons. The second-order valence-electron chi connectivity index (χ2n) is 5.06. The quantitative estimate of drug-likeness (QED) is 0.771. The first-order valence-electron chi connectivity index (χ1n) is 6.83. The number of hydrogen-bond donors (Lipinski definition) is 0. The van der Waals surface area contributed by atoms with E-state index in [1.54, 1.807) is 6.20 Å². The number of aryl methyl sites for hydroxylation is 3. The maximum Gasteiger partial charge on any atom is 0.170 e. The highest BCUT2D eigenvalue weighted by atomic mass is 79.9. The van der Waals surface area contributed by atoms with E-state index >= 15 is 0 Å². The zero-order valence-electron chi connectivity index (χ0n) is 12.1. The average molecular weight is 335 g/mol. The summed E-state index contributed by atoms with van der Waals surface area (Å²) in [6.07, 6.45) is 5.09. The summed E-state index contributed by atoms with van der Waals surface area (Å²) in [6.45, 7) is 7.03. The zero-order valence-corrected chi connectivity index (χ0v) is 13.7. The fourth-order valence-corrected chi connectivity index (χ4v) is 2.53. The Bertz CT molecular complexity index is 608. The largest absolute Gasteiger partial charge is 0.335 e. The summed E-state index contributed by atoms with van der Waals surface area (Å²) in [5, 5.41) is 0. The van der Waals surface area contributed by atoms with Crippen LogP contribution < -0.4 is 0 Å². The Kier molecular flexibility index (Phi) is 4.76. The second kappa shape index (κ2) is 6.35. The van der Waals surface area contributed by atoms with Crippen LogP contribution in [-0.4, -0.2) is 15.3 Å². The molecule has 0 fully saturated rings. The van der Waals surface area contributed by atoms with E-state index in [2.05, 4.69) is 32.4 Å². The molecule has 0 aliphatic rings. The Balaban J connectivity index is 2.22. The lowest BCUT2D eigenvalue weighted by Crippen LogP contribution is -2.10. The number of halogens is 1. The monoisotopic (exact) mass is 334 g/mol. The van der Waals surface area contributed by atoms with Gasteiger partial charge in [0.1, 0.15) is 5.82 Å². The summed E-state index contributed by atoms with van der Waals surface area (Å²) in [5.74, 6) is 0.960. The van der Waals surface area contributed by atoms with Crippen LogP contribution in [0.5, 0.6) is 0 Å². The van der Waals surface area contributed by atoms with Gasteiger partial charge in [-0.25, -0.2) is 4.98 Å². The fraction of sp³-hybridized carbons (Fsp3) is 0.375. The van der Waals surface area contributed by atoms with E-state index in [-0.39, 0.29) is 5.78 Å². The van der Waals surface area contributed by atoms with E-state index in [1.165, 1.54) is 0 Å². The van der Waals surface area contributed by atoms with Crippen LogP contribution in [0.25, 0.3) is 0 Å². The normalized spacial score (nSPS) is 10.8. The first-order valence-corrected chi connectivity index (χ1v) is 7.62. The number of carbonyl (C=O) groups is 1. The van der Waals surface area contributed by atoms with Gasteiger partial charge in [-0.2, -0.15) is 0 Å². The van der Waals surface area contributed by atoms with Gasteiger partial charge in [0, 0.05) is 29.0 Å². The Morgan fingerprint density at radius 3 is 2.55 bits per heavy atom. The lowest BCUT2D eigenvalue weighted by atomic mass is 10.0. The summed E-state index contributed by atoms with van der Waals surface area (Å²) in [4.78, 5) is 16.7. The van der Waals surface area contributed by atoms with Crippen molar-refractivity contribution in [1.82, 2.24) is 9.55 Å². The predicted molar refractivity (Wildman–Crippen MR) is 84.2 cm³/mol. The number of hydrogen-bond acceptors (Lipinski definition) is 2. The molecule has 2 aromatic rings. The van der Waals surface area contributed by atoms with Gasteiger partial charge < -0.3 is 4.57 Å². The van der Waals surface area contributed by atoms with E-state index in [1.807, 2.05) is 32.2 Å². The van der Waals surface area contributed by atoms with Gasteiger partial charge in [0.05, 0.1) is 6.42 Å². The molecule has 1 aromatic heterocycles. The van der Waals surface area contributed by atoms with Gasteiger partial charge in [0.25, 0.3) is 0 Å². The Morgan fingerprint density at radius 2 is 1.95 bits per heavy atom. The molecule has 0 N–H and O–H groups in total. The van der Waals surface area contributed by atoms with Crippen LogP contribution in [0.2, 0.25) is 0 Å². The van der Waals surface area contributed by atoms with Crippen molar-refractivity contribution in [1.29, 1.82) is 0 Å². The van der Waals surface area contributed by atoms with E-state index in [9.17, 15) is 4.79 Å². The van der Waals surface area contributed by atoms with Crippen LogP contribution in [0.15, 0.2) is 29.0 Å². The molecule has 0 saturated carbocycles. The zero-order chi connectivity index (χ0) is 14.7. The van der Waals surface area contributed by atoms with Crippen molar-refractivity contribution in [2.45, 2.75) is 40.2 Å². The van der Waals surface area contributed by atoms with Crippen molar-refractivity contribution in [3.63, 3.8) is 0 Å². The summed E-state index contributed by atoms with van der Waals surface area (Å²) in [5.41, 5.74) is 2.93. The molecule has 3 nitrogen and oxygen atoms in total. The van der Waals surface area contributed by atoms with Gasteiger partial charge in [-0.05, 0) is 43.5 Å². The molecule has 0 spiro atoms. The van der Waals surface area contributed by atoms with Crippen molar-refractivity contribution < 1.29 is 4.79 Å². The average Bonchev–Trinajstić information content (AvgIpc) is 2.83. The summed E-state index contributed by atoms with van der Waals surface area (Å²) >= 11 is 3.53.